The van der Waals surface area contributed by atoms with Crippen molar-refractivity contribution in [3.63, 3.8) is 0 Å². The largest absolute Gasteiger partial charge is 0.480 e. The van der Waals surface area contributed by atoms with Crippen LogP contribution >= 0.6 is 0 Å². The van der Waals surface area contributed by atoms with E-state index < -0.39 is 5.97 Å². The molecule has 0 atom stereocenters. The second-order valence-corrected chi connectivity index (χ2v) is 5.23. The summed E-state index contributed by atoms with van der Waals surface area (Å²) in [5.74, 6) is -0.692. The molecule has 2 heterocycles. The molecular formula is C15H21N3O3. The average Bonchev–Trinajstić information content (AvgIpc) is 2.71. The molecule has 1 aliphatic heterocycles. The van der Waals surface area contributed by atoms with E-state index in [0.717, 1.165) is 18.7 Å². The van der Waals surface area contributed by atoms with Crippen LogP contribution in [0.3, 0.4) is 0 Å². The zero-order valence-electron chi connectivity index (χ0n) is 12.1. The summed E-state index contributed by atoms with van der Waals surface area (Å²) in [5.41, 5.74) is 0.924. The predicted molar refractivity (Wildman–Crippen MR) is 77.8 cm³/mol. The molecule has 1 aromatic heterocycles. The highest BCUT2D eigenvalue weighted by atomic mass is 16.4. The van der Waals surface area contributed by atoms with Gasteiger partial charge in [-0.1, -0.05) is 6.07 Å². The standard InChI is InChI=1S/C15H21N3O3/c19-14(6-5-13-4-1-2-7-16-13)18-9-3-8-17(10-11-18)12-15(20)21/h1-2,4,7H,3,5-6,8-12H2,(H,20,21). The summed E-state index contributed by atoms with van der Waals surface area (Å²) in [6.45, 7) is 2.72. The molecule has 114 valence electrons. The first-order chi connectivity index (χ1) is 10.1. The van der Waals surface area contributed by atoms with Gasteiger partial charge in [-0.15, -0.1) is 0 Å². The maximum Gasteiger partial charge on any atom is 0.317 e. The van der Waals surface area contributed by atoms with Crippen LogP contribution in [0.25, 0.3) is 0 Å². The van der Waals surface area contributed by atoms with Crippen molar-refractivity contribution in [3.05, 3.63) is 30.1 Å². The van der Waals surface area contributed by atoms with Crippen LogP contribution in [0.15, 0.2) is 24.4 Å². The van der Waals surface area contributed by atoms with Crippen LogP contribution in [0.5, 0.6) is 0 Å². The number of nitrogens with zero attached hydrogens (tertiary/aromatic N) is 3. The second kappa shape index (κ2) is 7.73. The van der Waals surface area contributed by atoms with E-state index >= 15 is 0 Å². The van der Waals surface area contributed by atoms with Crippen molar-refractivity contribution in [1.82, 2.24) is 14.8 Å². The van der Waals surface area contributed by atoms with Gasteiger partial charge >= 0.3 is 5.97 Å². The van der Waals surface area contributed by atoms with Crippen molar-refractivity contribution in [2.45, 2.75) is 19.3 Å². The summed E-state index contributed by atoms with van der Waals surface area (Å²) in [7, 11) is 0. The fourth-order valence-corrected chi connectivity index (χ4v) is 2.51. The lowest BCUT2D eigenvalue weighted by Gasteiger charge is -2.21. The minimum atomic E-state index is -0.815. The fraction of sp³-hybridized carbons (Fsp3) is 0.533. The molecule has 0 bridgehead atoms. The second-order valence-electron chi connectivity index (χ2n) is 5.23. The van der Waals surface area contributed by atoms with E-state index in [4.69, 9.17) is 5.11 Å². The number of hydrogen-bond donors (Lipinski definition) is 1. The van der Waals surface area contributed by atoms with Crippen molar-refractivity contribution in [2.24, 2.45) is 0 Å². The Labute approximate surface area is 124 Å². The summed E-state index contributed by atoms with van der Waals surface area (Å²) < 4.78 is 0. The molecule has 0 aromatic carbocycles. The minimum Gasteiger partial charge on any atom is -0.480 e. The average molecular weight is 291 g/mol. The number of carbonyl (C=O) groups excluding carboxylic acids is 1. The molecule has 1 amide bonds. The van der Waals surface area contributed by atoms with Crippen molar-refractivity contribution in [1.29, 1.82) is 0 Å². The van der Waals surface area contributed by atoms with E-state index in [9.17, 15) is 9.59 Å². The summed E-state index contributed by atoms with van der Waals surface area (Å²) in [6.07, 6.45) is 3.66. The third-order valence-electron chi connectivity index (χ3n) is 3.62. The Balaban J connectivity index is 1.79. The molecule has 0 saturated carbocycles. The van der Waals surface area contributed by atoms with Gasteiger partial charge in [-0.2, -0.15) is 0 Å². The number of carbonyl (C=O) groups is 2. The number of aryl methyl sites for hydroxylation is 1. The van der Waals surface area contributed by atoms with E-state index in [-0.39, 0.29) is 12.5 Å². The van der Waals surface area contributed by atoms with Gasteiger partial charge in [0.15, 0.2) is 0 Å². The summed E-state index contributed by atoms with van der Waals surface area (Å²) in [6, 6.07) is 5.70. The Morgan fingerprint density at radius 2 is 2.05 bits per heavy atom. The van der Waals surface area contributed by atoms with Gasteiger partial charge in [0.25, 0.3) is 0 Å². The van der Waals surface area contributed by atoms with Crippen LogP contribution in [0.2, 0.25) is 0 Å². The van der Waals surface area contributed by atoms with Gasteiger partial charge in [-0.05, 0) is 25.0 Å². The first kappa shape index (κ1) is 15.4. The molecule has 6 nitrogen and oxygen atoms in total. The lowest BCUT2D eigenvalue weighted by molar-refractivity contribution is -0.138. The number of carboxylic acid groups (broad SMARTS) is 1. The SMILES string of the molecule is O=C(O)CN1CCCN(C(=O)CCc2ccccn2)CC1. The number of hydrogen-bond acceptors (Lipinski definition) is 4. The maximum absolute atomic E-state index is 12.2. The first-order valence-corrected chi connectivity index (χ1v) is 7.27. The number of carboxylic acids is 1. The predicted octanol–water partition coefficient (Wildman–Crippen LogP) is 0.633. The quantitative estimate of drug-likeness (QED) is 0.861. The molecule has 6 heteroatoms. The van der Waals surface area contributed by atoms with E-state index in [0.29, 0.717) is 32.5 Å². The van der Waals surface area contributed by atoms with Crippen molar-refractivity contribution < 1.29 is 14.7 Å². The summed E-state index contributed by atoms with van der Waals surface area (Å²) in [5, 5.41) is 8.81. The smallest absolute Gasteiger partial charge is 0.317 e. The third kappa shape index (κ3) is 5.15. The molecule has 1 aromatic rings. The normalized spacial score (nSPS) is 16.5. The highest BCUT2D eigenvalue weighted by Crippen LogP contribution is 2.07. The van der Waals surface area contributed by atoms with Crippen molar-refractivity contribution in [2.75, 3.05) is 32.7 Å². The van der Waals surface area contributed by atoms with E-state index in [2.05, 4.69) is 4.98 Å². The number of aliphatic carboxylic acids is 1. The molecule has 2 rings (SSSR count). The van der Waals surface area contributed by atoms with Crippen LogP contribution in [-0.4, -0.2) is 64.5 Å². The van der Waals surface area contributed by atoms with Crippen molar-refractivity contribution in [3.8, 4) is 0 Å². The van der Waals surface area contributed by atoms with Gasteiger partial charge < -0.3 is 10.0 Å². The minimum absolute atomic E-state index is 0.0516. The molecule has 0 unspecified atom stereocenters. The molecule has 0 radical (unpaired) electrons. The van der Waals surface area contributed by atoms with Gasteiger partial charge in [0.05, 0.1) is 6.54 Å². The first-order valence-electron chi connectivity index (χ1n) is 7.27. The fourth-order valence-electron chi connectivity index (χ4n) is 2.51. The molecule has 1 saturated heterocycles. The summed E-state index contributed by atoms with van der Waals surface area (Å²) in [4.78, 5) is 30.9. The monoisotopic (exact) mass is 291 g/mol. The molecular weight excluding hydrogens is 270 g/mol. The van der Waals surface area contributed by atoms with Gasteiger partial charge in [0.1, 0.15) is 0 Å². The van der Waals surface area contributed by atoms with Gasteiger partial charge in [0, 0.05) is 44.5 Å². The Hall–Kier alpha value is -1.95. The molecule has 0 spiro atoms. The van der Waals surface area contributed by atoms with Crippen LogP contribution in [-0.2, 0) is 16.0 Å². The van der Waals surface area contributed by atoms with Crippen LogP contribution in [0.4, 0.5) is 0 Å². The van der Waals surface area contributed by atoms with Gasteiger partial charge in [-0.25, -0.2) is 0 Å². The number of amides is 1. The van der Waals surface area contributed by atoms with Crippen LogP contribution < -0.4 is 0 Å². The maximum atomic E-state index is 12.2. The van der Waals surface area contributed by atoms with E-state index in [1.165, 1.54) is 0 Å². The Bertz CT molecular complexity index is 478. The summed E-state index contributed by atoms with van der Waals surface area (Å²) >= 11 is 0. The topological polar surface area (TPSA) is 73.7 Å². The Morgan fingerprint density at radius 3 is 2.76 bits per heavy atom. The number of rotatable bonds is 5. The molecule has 1 N–H and O–H groups in total. The van der Waals surface area contributed by atoms with E-state index in [1.807, 2.05) is 28.0 Å². The highest BCUT2D eigenvalue weighted by molar-refractivity contribution is 5.76. The highest BCUT2D eigenvalue weighted by Gasteiger charge is 2.20. The lowest BCUT2D eigenvalue weighted by Crippen LogP contribution is -2.36. The van der Waals surface area contributed by atoms with E-state index in [1.54, 1.807) is 6.20 Å². The molecule has 0 aliphatic carbocycles. The lowest BCUT2D eigenvalue weighted by atomic mass is 10.2. The van der Waals surface area contributed by atoms with Gasteiger partial charge in [0.2, 0.25) is 5.91 Å². The Kier molecular flexibility index (Phi) is 5.68. The molecule has 21 heavy (non-hydrogen) atoms. The van der Waals surface area contributed by atoms with Crippen LogP contribution in [0, 0.1) is 0 Å². The number of aromatic nitrogens is 1. The zero-order chi connectivity index (χ0) is 15.1. The van der Waals surface area contributed by atoms with Crippen molar-refractivity contribution >= 4 is 11.9 Å². The van der Waals surface area contributed by atoms with Crippen LogP contribution in [0.1, 0.15) is 18.5 Å². The van der Waals surface area contributed by atoms with Gasteiger partial charge in [-0.3, -0.25) is 19.5 Å². The third-order valence-corrected chi connectivity index (χ3v) is 3.62. The zero-order valence-corrected chi connectivity index (χ0v) is 12.1. The number of pyridine rings is 1. The molecule has 1 fully saturated rings. The molecule has 1 aliphatic rings. The Morgan fingerprint density at radius 1 is 1.19 bits per heavy atom.